The van der Waals surface area contributed by atoms with Gasteiger partial charge < -0.3 is 10.4 Å². The zero-order valence-corrected chi connectivity index (χ0v) is 8.23. The Kier molecular flexibility index (Phi) is 3.58. The number of rotatable bonds is 0. The van der Waals surface area contributed by atoms with E-state index in [0.717, 1.165) is 25.9 Å². The Morgan fingerprint density at radius 2 is 1.77 bits per heavy atom. The van der Waals surface area contributed by atoms with E-state index in [-0.39, 0.29) is 12.4 Å². The van der Waals surface area contributed by atoms with Crippen molar-refractivity contribution in [2.45, 2.75) is 12.8 Å². The van der Waals surface area contributed by atoms with Crippen LogP contribution >= 0.6 is 12.4 Å². The molecule has 1 heterocycles. The summed E-state index contributed by atoms with van der Waals surface area (Å²) in [7, 11) is 0. The highest BCUT2D eigenvalue weighted by Crippen LogP contribution is 2.18. The zero-order chi connectivity index (χ0) is 8.39. The second-order valence-corrected chi connectivity index (χ2v) is 3.20. The van der Waals surface area contributed by atoms with Gasteiger partial charge in [-0.15, -0.1) is 12.4 Å². The monoisotopic (exact) mass is 199 g/mol. The molecule has 2 nitrogen and oxygen atoms in total. The van der Waals surface area contributed by atoms with Crippen LogP contribution in [0.3, 0.4) is 0 Å². The van der Waals surface area contributed by atoms with E-state index >= 15 is 0 Å². The van der Waals surface area contributed by atoms with Crippen molar-refractivity contribution in [2.24, 2.45) is 0 Å². The first-order valence-corrected chi connectivity index (χ1v) is 4.38. The number of fused-ring (bicyclic) bond motifs is 1. The van der Waals surface area contributed by atoms with Crippen LogP contribution in [0.1, 0.15) is 11.1 Å². The summed E-state index contributed by atoms with van der Waals surface area (Å²) in [6.45, 7) is 2.08. The van der Waals surface area contributed by atoms with Gasteiger partial charge in [-0.2, -0.15) is 0 Å². The molecule has 0 atom stereocenters. The first-order valence-electron chi connectivity index (χ1n) is 4.38. The van der Waals surface area contributed by atoms with Crippen LogP contribution in [0.2, 0.25) is 0 Å². The summed E-state index contributed by atoms with van der Waals surface area (Å²) in [5.74, 6) is 0.385. The molecule has 0 radical (unpaired) electrons. The van der Waals surface area contributed by atoms with Gasteiger partial charge in [0.2, 0.25) is 0 Å². The lowest BCUT2D eigenvalue weighted by molar-refractivity contribution is 0.474. The summed E-state index contributed by atoms with van der Waals surface area (Å²) in [5, 5.41) is 12.6. The van der Waals surface area contributed by atoms with Gasteiger partial charge in [0, 0.05) is 0 Å². The van der Waals surface area contributed by atoms with Crippen LogP contribution in [0.25, 0.3) is 0 Å². The summed E-state index contributed by atoms with van der Waals surface area (Å²) >= 11 is 0. The molecule has 0 spiro atoms. The molecule has 0 fully saturated rings. The highest BCUT2D eigenvalue weighted by atomic mass is 35.5. The molecule has 2 rings (SSSR count). The van der Waals surface area contributed by atoms with Crippen molar-refractivity contribution in [2.75, 3.05) is 13.1 Å². The summed E-state index contributed by atoms with van der Waals surface area (Å²) in [6.07, 6.45) is 2.11. The number of hydrogen-bond donors (Lipinski definition) is 2. The summed E-state index contributed by atoms with van der Waals surface area (Å²) in [4.78, 5) is 0. The van der Waals surface area contributed by atoms with Gasteiger partial charge in [-0.1, -0.05) is 6.07 Å². The highest BCUT2D eigenvalue weighted by molar-refractivity contribution is 5.85. The van der Waals surface area contributed by atoms with Crippen LogP contribution in [0, 0.1) is 0 Å². The largest absolute Gasteiger partial charge is 0.508 e. The number of aromatic hydroxyl groups is 1. The Bertz CT molecular complexity index is 288. The van der Waals surface area contributed by atoms with Gasteiger partial charge in [-0.25, -0.2) is 0 Å². The average molecular weight is 200 g/mol. The molecular weight excluding hydrogens is 186 g/mol. The van der Waals surface area contributed by atoms with Crippen molar-refractivity contribution in [3.05, 3.63) is 29.3 Å². The van der Waals surface area contributed by atoms with Gasteiger partial charge >= 0.3 is 0 Å². The van der Waals surface area contributed by atoms with Crippen LogP contribution in [0.5, 0.6) is 5.75 Å². The molecule has 0 aliphatic carbocycles. The maximum atomic E-state index is 9.26. The molecule has 13 heavy (non-hydrogen) atoms. The van der Waals surface area contributed by atoms with Gasteiger partial charge in [0.1, 0.15) is 5.75 Å². The number of benzene rings is 1. The smallest absolute Gasteiger partial charge is 0.115 e. The van der Waals surface area contributed by atoms with Crippen molar-refractivity contribution < 1.29 is 5.11 Å². The SMILES string of the molecule is Cl.Oc1ccc2c(c1)CCNCC2. The van der Waals surface area contributed by atoms with Gasteiger partial charge in [0.15, 0.2) is 0 Å². The van der Waals surface area contributed by atoms with Crippen molar-refractivity contribution in [1.29, 1.82) is 0 Å². The van der Waals surface area contributed by atoms with Gasteiger partial charge in [0.25, 0.3) is 0 Å². The van der Waals surface area contributed by atoms with Gasteiger partial charge in [-0.3, -0.25) is 0 Å². The molecule has 72 valence electrons. The Morgan fingerprint density at radius 3 is 2.54 bits per heavy atom. The molecule has 2 N–H and O–H groups in total. The molecule has 0 amide bonds. The fourth-order valence-corrected chi connectivity index (χ4v) is 1.66. The van der Waals surface area contributed by atoms with E-state index in [1.807, 2.05) is 12.1 Å². The molecule has 1 aliphatic rings. The van der Waals surface area contributed by atoms with Crippen molar-refractivity contribution in [1.82, 2.24) is 5.32 Å². The predicted octanol–water partition coefficient (Wildman–Crippen LogP) is 1.50. The van der Waals surface area contributed by atoms with Crippen molar-refractivity contribution >= 4 is 12.4 Å². The van der Waals surface area contributed by atoms with Crippen LogP contribution in [0.15, 0.2) is 18.2 Å². The zero-order valence-electron chi connectivity index (χ0n) is 7.42. The molecular formula is C10H14ClNO. The normalized spacial score (nSPS) is 15.4. The van der Waals surface area contributed by atoms with Crippen LogP contribution in [-0.4, -0.2) is 18.2 Å². The lowest BCUT2D eigenvalue weighted by atomic mass is 10.0. The lowest BCUT2D eigenvalue weighted by Gasteiger charge is -2.04. The van der Waals surface area contributed by atoms with Crippen molar-refractivity contribution in [3.8, 4) is 5.75 Å². The maximum absolute atomic E-state index is 9.26. The molecule has 1 aromatic carbocycles. The quantitative estimate of drug-likeness (QED) is 0.664. The van der Waals surface area contributed by atoms with E-state index in [1.165, 1.54) is 11.1 Å². The third-order valence-corrected chi connectivity index (χ3v) is 2.33. The Balaban J connectivity index is 0.000000845. The molecule has 0 aromatic heterocycles. The predicted molar refractivity (Wildman–Crippen MR) is 55.6 cm³/mol. The number of phenolic OH excluding ortho intramolecular Hbond substituents is 1. The van der Waals surface area contributed by atoms with E-state index in [4.69, 9.17) is 0 Å². The summed E-state index contributed by atoms with van der Waals surface area (Å²) < 4.78 is 0. The van der Waals surface area contributed by atoms with E-state index < -0.39 is 0 Å². The van der Waals surface area contributed by atoms with E-state index in [2.05, 4.69) is 5.32 Å². The molecule has 0 saturated carbocycles. The first kappa shape index (κ1) is 10.4. The Morgan fingerprint density at radius 1 is 1.08 bits per heavy atom. The molecule has 0 bridgehead atoms. The second kappa shape index (κ2) is 4.49. The molecule has 0 saturated heterocycles. The van der Waals surface area contributed by atoms with Crippen LogP contribution in [0.4, 0.5) is 0 Å². The minimum atomic E-state index is 0. The minimum Gasteiger partial charge on any atom is -0.508 e. The summed E-state index contributed by atoms with van der Waals surface area (Å²) in [6, 6.07) is 5.67. The Hall–Kier alpha value is -0.730. The minimum absolute atomic E-state index is 0. The molecule has 1 aromatic rings. The van der Waals surface area contributed by atoms with Crippen molar-refractivity contribution in [3.63, 3.8) is 0 Å². The molecule has 0 unspecified atom stereocenters. The molecule has 1 aliphatic heterocycles. The summed E-state index contributed by atoms with van der Waals surface area (Å²) in [5.41, 5.74) is 2.66. The van der Waals surface area contributed by atoms with Crippen LogP contribution < -0.4 is 5.32 Å². The average Bonchev–Trinajstić information content (AvgIpc) is 2.28. The third kappa shape index (κ3) is 2.36. The number of phenols is 1. The van der Waals surface area contributed by atoms with E-state index in [9.17, 15) is 5.11 Å². The van der Waals surface area contributed by atoms with E-state index in [1.54, 1.807) is 6.07 Å². The standard InChI is InChI=1S/C10H13NO.ClH/c12-10-2-1-8-3-5-11-6-4-9(8)7-10;/h1-2,7,11-12H,3-6H2;1H. The lowest BCUT2D eigenvalue weighted by Crippen LogP contribution is -2.16. The first-order chi connectivity index (χ1) is 5.86. The second-order valence-electron chi connectivity index (χ2n) is 3.20. The molecule has 3 heteroatoms. The van der Waals surface area contributed by atoms with Gasteiger partial charge in [0.05, 0.1) is 0 Å². The highest BCUT2D eigenvalue weighted by Gasteiger charge is 2.06. The topological polar surface area (TPSA) is 32.3 Å². The Labute approximate surface area is 84.4 Å². The fourth-order valence-electron chi connectivity index (χ4n) is 1.66. The third-order valence-electron chi connectivity index (χ3n) is 2.33. The van der Waals surface area contributed by atoms with E-state index in [0.29, 0.717) is 5.75 Å². The maximum Gasteiger partial charge on any atom is 0.115 e. The fraction of sp³-hybridized carbons (Fsp3) is 0.400. The van der Waals surface area contributed by atoms with Crippen LogP contribution in [-0.2, 0) is 12.8 Å². The van der Waals surface area contributed by atoms with Gasteiger partial charge in [-0.05, 0) is 49.2 Å². The number of hydrogen-bond acceptors (Lipinski definition) is 2. The number of nitrogens with one attached hydrogen (secondary N) is 1. The number of halogens is 1.